The van der Waals surface area contributed by atoms with Crippen LogP contribution in [0, 0.1) is 0 Å². The van der Waals surface area contributed by atoms with Gasteiger partial charge in [-0.15, -0.1) is 0 Å². The number of rotatable bonds is 6. The van der Waals surface area contributed by atoms with Crippen LogP contribution < -0.4 is 0 Å². The number of fused-ring (bicyclic) bond motifs is 1. The van der Waals surface area contributed by atoms with Crippen LogP contribution in [0.2, 0.25) is 10.0 Å². The smallest absolute Gasteiger partial charge is 0.263 e. The van der Waals surface area contributed by atoms with Crippen LogP contribution >= 0.6 is 23.2 Å². The first-order valence-electron chi connectivity index (χ1n) is 12.1. The second-order valence-electron chi connectivity index (χ2n) is 9.53. The van der Waals surface area contributed by atoms with E-state index in [-0.39, 0.29) is 6.42 Å². The van der Waals surface area contributed by atoms with E-state index in [9.17, 15) is 19.8 Å². The van der Waals surface area contributed by atoms with Crippen molar-refractivity contribution in [3.63, 3.8) is 0 Å². The zero-order valence-corrected chi connectivity index (χ0v) is 21.6. The Morgan fingerprint density at radius 1 is 1.11 bits per heavy atom. The fourth-order valence-corrected chi connectivity index (χ4v) is 5.50. The molecule has 2 amide bonds. The number of pyridine rings is 1. The van der Waals surface area contributed by atoms with E-state index in [0.717, 1.165) is 10.5 Å². The molecule has 1 aromatic heterocycles. The quantitative estimate of drug-likeness (QED) is 0.468. The first-order chi connectivity index (χ1) is 17.7. The average molecular weight is 541 g/mol. The Kier molecular flexibility index (Phi) is 7.09. The van der Waals surface area contributed by atoms with Gasteiger partial charge in [-0.1, -0.05) is 47.5 Å². The molecule has 192 valence electrons. The standard InChI is InChI=1S/C28H26Cl2N2O5/c1-16(33)26(35)32-27(36)24-4-2-3-23(17-5-7-18(29)8-6-17)25(24)28(32,37-22-12-11-21(34)13-22)14-20-10-9-19(30)15-31-20/h2-10,15-16,21-22,33-34H,11-14H2,1H3/t16?,21?,22?,28-/m1/s1. The van der Waals surface area contributed by atoms with Crippen LogP contribution in [-0.4, -0.2) is 50.2 Å². The summed E-state index contributed by atoms with van der Waals surface area (Å²) in [5.41, 5.74) is 1.20. The highest BCUT2D eigenvalue weighted by atomic mass is 35.5. The maximum atomic E-state index is 13.9. The van der Waals surface area contributed by atoms with Crippen LogP contribution in [0.3, 0.4) is 0 Å². The summed E-state index contributed by atoms with van der Waals surface area (Å²) in [5.74, 6) is -1.35. The lowest BCUT2D eigenvalue weighted by Gasteiger charge is -2.41. The van der Waals surface area contributed by atoms with Gasteiger partial charge in [0.15, 0.2) is 5.72 Å². The molecule has 1 aliphatic carbocycles. The minimum atomic E-state index is -1.62. The number of nitrogens with zero attached hydrogens (tertiary/aromatic N) is 2. The fourth-order valence-electron chi connectivity index (χ4n) is 5.26. The molecule has 2 aliphatic rings. The molecule has 2 aromatic carbocycles. The number of aliphatic hydroxyl groups excluding tert-OH is 2. The highest BCUT2D eigenvalue weighted by molar-refractivity contribution is 6.30. The number of carbonyl (C=O) groups is 2. The third-order valence-electron chi connectivity index (χ3n) is 6.91. The van der Waals surface area contributed by atoms with Crippen LogP contribution in [0.4, 0.5) is 0 Å². The third-order valence-corrected chi connectivity index (χ3v) is 7.39. The molecular weight excluding hydrogens is 515 g/mol. The number of aromatic nitrogens is 1. The number of hydrogen-bond donors (Lipinski definition) is 2. The molecule has 9 heteroatoms. The summed E-state index contributed by atoms with van der Waals surface area (Å²) >= 11 is 12.2. The van der Waals surface area contributed by atoms with Crippen LogP contribution in [-0.2, 0) is 21.7 Å². The van der Waals surface area contributed by atoms with E-state index in [1.165, 1.54) is 13.1 Å². The van der Waals surface area contributed by atoms with E-state index in [0.29, 0.717) is 51.7 Å². The van der Waals surface area contributed by atoms with Crippen molar-refractivity contribution in [2.24, 2.45) is 0 Å². The van der Waals surface area contributed by atoms with Gasteiger partial charge in [-0.3, -0.25) is 14.6 Å². The molecular formula is C28H26Cl2N2O5. The van der Waals surface area contributed by atoms with E-state index >= 15 is 0 Å². The van der Waals surface area contributed by atoms with Gasteiger partial charge in [0, 0.05) is 34.5 Å². The normalized spacial score (nSPS) is 23.8. The van der Waals surface area contributed by atoms with Crippen LogP contribution in [0.15, 0.2) is 60.8 Å². The summed E-state index contributed by atoms with van der Waals surface area (Å²) in [6, 6.07) is 15.9. The van der Waals surface area contributed by atoms with Crippen molar-refractivity contribution < 1.29 is 24.5 Å². The Morgan fingerprint density at radius 2 is 1.81 bits per heavy atom. The fraction of sp³-hybridized carbons (Fsp3) is 0.321. The lowest BCUT2D eigenvalue weighted by molar-refractivity contribution is -0.188. The number of hydrogen-bond acceptors (Lipinski definition) is 6. The second kappa shape index (κ2) is 10.2. The molecule has 7 nitrogen and oxygen atoms in total. The van der Waals surface area contributed by atoms with E-state index in [2.05, 4.69) is 4.98 Å². The SMILES string of the molecule is CC(O)C(=O)N1C(=O)c2cccc(-c3ccc(Cl)cc3)c2[C@@]1(Cc1ccc(Cl)cn1)OC1CCC(O)C1. The lowest BCUT2D eigenvalue weighted by atomic mass is 9.88. The van der Waals surface area contributed by atoms with Crippen molar-refractivity contribution in [3.05, 3.63) is 87.7 Å². The number of ether oxygens (including phenoxy) is 1. The molecule has 3 unspecified atom stereocenters. The summed E-state index contributed by atoms with van der Waals surface area (Å²) in [6.45, 7) is 1.32. The van der Waals surface area contributed by atoms with Crippen LogP contribution in [0.5, 0.6) is 0 Å². The number of imide groups is 1. The largest absolute Gasteiger partial charge is 0.393 e. The molecule has 2 heterocycles. The number of halogens is 2. The summed E-state index contributed by atoms with van der Waals surface area (Å²) < 4.78 is 6.75. The van der Waals surface area contributed by atoms with Gasteiger partial charge in [0.25, 0.3) is 11.8 Å². The first kappa shape index (κ1) is 25.8. The van der Waals surface area contributed by atoms with E-state index in [1.807, 2.05) is 18.2 Å². The highest BCUT2D eigenvalue weighted by Crippen LogP contribution is 2.49. The molecule has 2 N–H and O–H groups in total. The monoisotopic (exact) mass is 540 g/mol. The molecule has 0 spiro atoms. The Balaban J connectivity index is 1.77. The summed E-state index contributed by atoms with van der Waals surface area (Å²) in [4.78, 5) is 32.8. The minimum absolute atomic E-state index is 0.0264. The van der Waals surface area contributed by atoms with Gasteiger partial charge in [0.1, 0.15) is 6.10 Å². The number of aliphatic hydroxyl groups is 2. The molecule has 3 aromatic rings. The van der Waals surface area contributed by atoms with Crippen molar-refractivity contribution in [2.45, 2.75) is 56.6 Å². The van der Waals surface area contributed by atoms with Crippen LogP contribution in [0.1, 0.15) is 47.8 Å². The van der Waals surface area contributed by atoms with Crippen molar-refractivity contribution in [3.8, 4) is 11.1 Å². The van der Waals surface area contributed by atoms with Gasteiger partial charge in [-0.05, 0) is 67.6 Å². The van der Waals surface area contributed by atoms with Crippen molar-refractivity contribution in [1.82, 2.24) is 9.88 Å². The molecule has 37 heavy (non-hydrogen) atoms. The number of amides is 2. The predicted octanol–water partition coefficient (Wildman–Crippen LogP) is 4.74. The maximum absolute atomic E-state index is 13.9. The second-order valence-corrected chi connectivity index (χ2v) is 10.4. The van der Waals surface area contributed by atoms with Gasteiger partial charge in [-0.25, -0.2) is 4.90 Å². The van der Waals surface area contributed by atoms with Gasteiger partial charge in [0.05, 0.1) is 17.2 Å². The summed E-state index contributed by atoms with van der Waals surface area (Å²) in [7, 11) is 0. The molecule has 4 atom stereocenters. The van der Waals surface area contributed by atoms with Gasteiger partial charge >= 0.3 is 0 Å². The lowest BCUT2D eigenvalue weighted by Crippen LogP contribution is -2.54. The third kappa shape index (κ3) is 4.78. The van der Waals surface area contributed by atoms with E-state index in [4.69, 9.17) is 27.9 Å². The first-order valence-corrected chi connectivity index (χ1v) is 12.9. The van der Waals surface area contributed by atoms with Crippen molar-refractivity contribution in [1.29, 1.82) is 0 Å². The minimum Gasteiger partial charge on any atom is -0.393 e. The van der Waals surface area contributed by atoms with Gasteiger partial charge in [-0.2, -0.15) is 0 Å². The molecule has 0 saturated heterocycles. The number of carbonyl (C=O) groups excluding carboxylic acids is 2. The highest BCUT2D eigenvalue weighted by Gasteiger charge is 2.57. The Hall–Kier alpha value is -2.81. The Bertz CT molecular complexity index is 1330. The predicted molar refractivity (Wildman–Crippen MR) is 139 cm³/mol. The van der Waals surface area contributed by atoms with Crippen molar-refractivity contribution in [2.75, 3.05) is 0 Å². The van der Waals surface area contributed by atoms with Gasteiger partial charge in [0.2, 0.25) is 0 Å². The van der Waals surface area contributed by atoms with Crippen molar-refractivity contribution >= 4 is 35.0 Å². The average Bonchev–Trinajstić information content (AvgIpc) is 3.39. The molecule has 0 radical (unpaired) electrons. The zero-order chi connectivity index (χ0) is 26.3. The maximum Gasteiger partial charge on any atom is 0.263 e. The van der Waals surface area contributed by atoms with E-state index < -0.39 is 35.9 Å². The Labute approximate surface area is 224 Å². The topological polar surface area (TPSA) is 100.0 Å². The van der Waals surface area contributed by atoms with E-state index in [1.54, 1.807) is 36.4 Å². The van der Waals surface area contributed by atoms with Crippen LogP contribution in [0.25, 0.3) is 11.1 Å². The summed E-state index contributed by atoms with van der Waals surface area (Å²) in [6.07, 6.45) is 0.561. The molecule has 1 fully saturated rings. The molecule has 0 bridgehead atoms. The number of benzene rings is 2. The molecule has 1 saturated carbocycles. The summed E-state index contributed by atoms with van der Waals surface area (Å²) in [5, 5.41) is 21.6. The Morgan fingerprint density at radius 3 is 2.43 bits per heavy atom. The molecule has 1 aliphatic heterocycles. The zero-order valence-electron chi connectivity index (χ0n) is 20.1. The van der Waals surface area contributed by atoms with Gasteiger partial charge < -0.3 is 14.9 Å². The molecule has 5 rings (SSSR count).